The van der Waals surface area contributed by atoms with Gasteiger partial charge in [0.25, 0.3) is 0 Å². The first-order chi connectivity index (χ1) is 8.20. The van der Waals surface area contributed by atoms with E-state index in [1.165, 1.54) is 7.11 Å². The number of rotatable bonds is 5. The van der Waals surface area contributed by atoms with Crippen LogP contribution >= 0.6 is 11.8 Å². The molecule has 0 unspecified atom stereocenters. The minimum atomic E-state index is -0.113. The summed E-state index contributed by atoms with van der Waals surface area (Å²) in [6.45, 7) is 0. The first-order valence-electron chi connectivity index (χ1n) is 6.41. The van der Waals surface area contributed by atoms with E-state index in [2.05, 4.69) is 4.74 Å². The fraction of sp³-hybridized carbons (Fsp3) is 0.846. The quantitative estimate of drug-likeness (QED) is 0.560. The third kappa shape index (κ3) is 3.24. The summed E-state index contributed by atoms with van der Waals surface area (Å²) in [6, 6.07) is 0. The third-order valence-electron chi connectivity index (χ3n) is 3.91. The zero-order valence-corrected chi connectivity index (χ0v) is 11.1. The SMILES string of the molecule is COC(=O)CCCC[C@@H]1SC[C@@H]2CC(=O)C[C@@H]21. The fourth-order valence-electron chi connectivity index (χ4n) is 2.96. The van der Waals surface area contributed by atoms with Crippen LogP contribution in [0.15, 0.2) is 0 Å². The van der Waals surface area contributed by atoms with Crippen molar-refractivity contribution in [3.8, 4) is 0 Å². The monoisotopic (exact) mass is 256 g/mol. The largest absolute Gasteiger partial charge is 0.469 e. The van der Waals surface area contributed by atoms with Crippen LogP contribution in [0, 0.1) is 11.8 Å². The number of hydrogen-bond donors (Lipinski definition) is 0. The molecule has 0 aromatic carbocycles. The molecule has 1 saturated carbocycles. The molecule has 2 fully saturated rings. The Labute approximate surface area is 107 Å². The molecule has 17 heavy (non-hydrogen) atoms. The zero-order chi connectivity index (χ0) is 12.3. The maximum atomic E-state index is 11.4. The van der Waals surface area contributed by atoms with Crippen LogP contribution in [0.3, 0.4) is 0 Å². The van der Waals surface area contributed by atoms with Gasteiger partial charge in [-0.15, -0.1) is 0 Å². The second-order valence-electron chi connectivity index (χ2n) is 5.06. The molecule has 0 N–H and O–H groups in total. The van der Waals surface area contributed by atoms with E-state index >= 15 is 0 Å². The predicted molar refractivity (Wildman–Crippen MR) is 68.0 cm³/mol. The highest BCUT2D eigenvalue weighted by Gasteiger charge is 2.42. The molecule has 2 aliphatic rings. The van der Waals surface area contributed by atoms with Gasteiger partial charge in [-0.05, 0) is 30.4 Å². The highest BCUT2D eigenvalue weighted by atomic mass is 32.2. The molecule has 1 aliphatic heterocycles. The molecule has 1 aliphatic carbocycles. The van der Waals surface area contributed by atoms with Gasteiger partial charge in [-0.1, -0.05) is 6.42 Å². The van der Waals surface area contributed by atoms with Gasteiger partial charge in [-0.25, -0.2) is 0 Å². The van der Waals surface area contributed by atoms with Crippen LogP contribution < -0.4 is 0 Å². The molecule has 2 rings (SSSR count). The average Bonchev–Trinajstić information content (AvgIpc) is 2.84. The lowest BCUT2D eigenvalue weighted by Crippen LogP contribution is -2.14. The van der Waals surface area contributed by atoms with E-state index in [0.717, 1.165) is 37.9 Å². The molecule has 0 aromatic rings. The summed E-state index contributed by atoms with van der Waals surface area (Å²) in [5.41, 5.74) is 0. The lowest BCUT2D eigenvalue weighted by atomic mass is 9.92. The van der Waals surface area contributed by atoms with Crippen molar-refractivity contribution in [2.24, 2.45) is 11.8 Å². The van der Waals surface area contributed by atoms with Crippen molar-refractivity contribution in [1.29, 1.82) is 0 Å². The molecule has 0 bridgehead atoms. The van der Waals surface area contributed by atoms with Crippen molar-refractivity contribution in [2.75, 3.05) is 12.9 Å². The van der Waals surface area contributed by atoms with E-state index in [9.17, 15) is 9.59 Å². The summed E-state index contributed by atoms with van der Waals surface area (Å²) in [4.78, 5) is 22.4. The molecule has 0 aromatic heterocycles. The van der Waals surface area contributed by atoms with Gasteiger partial charge in [-0.3, -0.25) is 9.59 Å². The number of hydrogen-bond acceptors (Lipinski definition) is 4. The van der Waals surface area contributed by atoms with Gasteiger partial charge in [0.05, 0.1) is 7.11 Å². The number of carbonyl (C=O) groups excluding carboxylic acids is 2. The van der Waals surface area contributed by atoms with Gasteiger partial charge in [-0.2, -0.15) is 11.8 Å². The van der Waals surface area contributed by atoms with Gasteiger partial charge >= 0.3 is 5.97 Å². The number of ketones is 1. The molecule has 4 heteroatoms. The van der Waals surface area contributed by atoms with E-state index in [1.807, 2.05) is 11.8 Å². The first-order valence-corrected chi connectivity index (χ1v) is 7.45. The number of carbonyl (C=O) groups is 2. The van der Waals surface area contributed by atoms with E-state index in [0.29, 0.717) is 29.3 Å². The molecule has 3 atom stereocenters. The smallest absolute Gasteiger partial charge is 0.305 e. The number of thioether (sulfide) groups is 1. The fourth-order valence-corrected chi connectivity index (χ4v) is 4.72. The Morgan fingerprint density at radius 1 is 1.41 bits per heavy atom. The van der Waals surface area contributed by atoms with Crippen LogP contribution in [0.2, 0.25) is 0 Å². The topological polar surface area (TPSA) is 43.4 Å². The number of unbranched alkanes of at least 4 members (excludes halogenated alkanes) is 1. The Balaban J connectivity index is 1.66. The summed E-state index contributed by atoms with van der Waals surface area (Å²) in [7, 11) is 1.43. The van der Waals surface area contributed by atoms with Crippen LogP contribution in [0.4, 0.5) is 0 Å². The standard InChI is InChI=1S/C13H20O3S/c1-16-13(15)5-3-2-4-12-11-7-10(14)6-9(11)8-17-12/h9,11-12H,2-8H2,1H3/t9-,11-,12-/m0/s1. The van der Waals surface area contributed by atoms with E-state index in [4.69, 9.17) is 0 Å². The highest BCUT2D eigenvalue weighted by Crippen LogP contribution is 2.47. The Kier molecular flexibility index (Phi) is 4.48. The molecule has 96 valence electrons. The van der Waals surface area contributed by atoms with Crippen LogP contribution in [0.25, 0.3) is 0 Å². The van der Waals surface area contributed by atoms with Crippen molar-refractivity contribution in [1.82, 2.24) is 0 Å². The number of esters is 1. The predicted octanol–water partition coefficient (Wildman–Crippen LogP) is 2.43. The maximum absolute atomic E-state index is 11.4. The molecule has 3 nitrogen and oxygen atoms in total. The number of Topliss-reactive ketones (excluding diaryl/α,β-unsaturated/α-hetero) is 1. The van der Waals surface area contributed by atoms with Crippen molar-refractivity contribution >= 4 is 23.5 Å². The van der Waals surface area contributed by atoms with E-state index in [-0.39, 0.29) is 5.97 Å². The summed E-state index contributed by atoms with van der Waals surface area (Å²) in [6.07, 6.45) is 5.28. The Morgan fingerprint density at radius 3 is 3.00 bits per heavy atom. The number of methoxy groups -OCH3 is 1. The zero-order valence-electron chi connectivity index (χ0n) is 10.3. The number of fused-ring (bicyclic) bond motifs is 1. The van der Waals surface area contributed by atoms with Crippen molar-refractivity contribution in [2.45, 2.75) is 43.8 Å². The van der Waals surface area contributed by atoms with Crippen LogP contribution in [0.5, 0.6) is 0 Å². The second-order valence-corrected chi connectivity index (χ2v) is 6.34. The maximum Gasteiger partial charge on any atom is 0.305 e. The van der Waals surface area contributed by atoms with Gasteiger partial charge < -0.3 is 4.74 Å². The van der Waals surface area contributed by atoms with Gasteiger partial charge in [0, 0.05) is 24.5 Å². The Hall–Kier alpha value is -0.510. The third-order valence-corrected chi connectivity index (χ3v) is 5.54. The lowest BCUT2D eigenvalue weighted by Gasteiger charge is -2.16. The summed E-state index contributed by atoms with van der Waals surface area (Å²) >= 11 is 2.03. The summed E-state index contributed by atoms with van der Waals surface area (Å²) < 4.78 is 4.62. The Morgan fingerprint density at radius 2 is 2.24 bits per heavy atom. The molecule has 0 radical (unpaired) electrons. The second kappa shape index (κ2) is 5.89. The van der Waals surface area contributed by atoms with E-state index < -0.39 is 0 Å². The van der Waals surface area contributed by atoms with Crippen LogP contribution in [-0.4, -0.2) is 29.9 Å². The van der Waals surface area contributed by atoms with Gasteiger partial charge in [0.2, 0.25) is 0 Å². The molecule has 1 heterocycles. The van der Waals surface area contributed by atoms with E-state index in [1.54, 1.807) is 0 Å². The average molecular weight is 256 g/mol. The minimum absolute atomic E-state index is 0.113. The molecular formula is C13H20O3S. The van der Waals surface area contributed by atoms with Crippen molar-refractivity contribution in [3.63, 3.8) is 0 Å². The van der Waals surface area contributed by atoms with Crippen molar-refractivity contribution in [3.05, 3.63) is 0 Å². The van der Waals surface area contributed by atoms with Crippen molar-refractivity contribution < 1.29 is 14.3 Å². The summed E-state index contributed by atoms with van der Waals surface area (Å²) in [5, 5.41) is 0.657. The van der Waals surface area contributed by atoms with Gasteiger partial charge in [0.1, 0.15) is 5.78 Å². The normalized spacial score (nSPS) is 31.6. The summed E-state index contributed by atoms with van der Waals surface area (Å²) in [5.74, 6) is 2.79. The first kappa shape index (κ1) is 12.9. The Bertz CT molecular complexity index is 303. The highest BCUT2D eigenvalue weighted by molar-refractivity contribution is 8.00. The van der Waals surface area contributed by atoms with Crippen LogP contribution in [-0.2, 0) is 14.3 Å². The molecule has 0 amide bonds. The molecular weight excluding hydrogens is 236 g/mol. The molecule has 1 saturated heterocycles. The number of ether oxygens (including phenoxy) is 1. The van der Waals surface area contributed by atoms with Crippen LogP contribution in [0.1, 0.15) is 38.5 Å². The molecule has 0 spiro atoms. The minimum Gasteiger partial charge on any atom is -0.469 e. The lowest BCUT2D eigenvalue weighted by molar-refractivity contribution is -0.140. The van der Waals surface area contributed by atoms with Gasteiger partial charge in [0.15, 0.2) is 0 Å².